The molecule has 0 aliphatic carbocycles. The fraction of sp³-hybridized carbons (Fsp3) is 0.571. The van der Waals surface area contributed by atoms with Gasteiger partial charge in [-0.1, -0.05) is 0 Å². The van der Waals surface area contributed by atoms with Crippen LogP contribution >= 0.6 is 27.3 Å². The van der Waals surface area contributed by atoms with Gasteiger partial charge in [-0.05, 0) is 48.8 Å². The van der Waals surface area contributed by atoms with Gasteiger partial charge in [0.25, 0.3) is 0 Å². The van der Waals surface area contributed by atoms with Crippen LogP contribution in [0.25, 0.3) is 0 Å². The number of guanidine groups is 1. The Labute approximate surface area is 143 Å². The molecule has 124 valence electrons. The first-order valence-corrected chi connectivity index (χ1v) is 8.56. The minimum Gasteiger partial charge on any atom is -0.444 e. The standard InChI is InChI=1S/C14H23BrN4O2S/c1-14(2,3)21-13(20)18-8-7-17-12(16-4)19-9-10-5-6-11(15)22-10/h5-6H,7-9H2,1-4H3,(H,18,20)(H2,16,17,19). The van der Waals surface area contributed by atoms with Crippen molar-refractivity contribution in [2.75, 3.05) is 20.1 Å². The quantitative estimate of drug-likeness (QED) is 0.410. The van der Waals surface area contributed by atoms with Gasteiger partial charge in [0, 0.05) is 25.0 Å². The van der Waals surface area contributed by atoms with Gasteiger partial charge in [0.1, 0.15) is 5.60 Å². The number of alkyl carbamates (subject to hydrolysis) is 1. The second-order valence-electron chi connectivity index (χ2n) is 5.49. The lowest BCUT2D eigenvalue weighted by Gasteiger charge is -2.19. The number of nitrogens with zero attached hydrogens (tertiary/aromatic N) is 1. The summed E-state index contributed by atoms with van der Waals surface area (Å²) in [6.07, 6.45) is -0.416. The summed E-state index contributed by atoms with van der Waals surface area (Å²) in [4.78, 5) is 16.8. The van der Waals surface area contributed by atoms with E-state index < -0.39 is 11.7 Å². The van der Waals surface area contributed by atoms with Crippen LogP contribution in [0.2, 0.25) is 0 Å². The molecule has 0 spiro atoms. The number of nitrogens with one attached hydrogen (secondary N) is 3. The van der Waals surface area contributed by atoms with Crippen LogP contribution in [0.4, 0.5) is 4.79 Å². The lowest BCUT2D eigenvalue weighted by Crippen LogP contribution is -2.42. The molecule has 0 bridgehead atoms. The third-order valence-electron chi connectivity index (χ3n) is 2.37. The van der Waals surface area contributed by atoms with E-state index in [0.29, 0.717) is 25.6 Å². The summed E-state index contributed by atoms with van der Waals surface area (Å²) in [5.74, 6) is 0.690. The maximum atomic E-state index is 11.5. The molecular weight excluding hydrogens is 368 g/mol. The van der Waals surface area contributed by atoms with Crippen LogP contribution in [0.5, 0.6) is 0 Å². The predicted octanol–water partition coefficient (Wildman–Crippen LogP) is 2.70. The van der Waals surface area contributed by atoms with E-state index in [9.17, 15) is 4.79 Å². The summed E-state index contributed by atoms with van der Waals surface area (Å²) < 4.78 is 6.26. The highest BCUT2D eigenvalue weighted by atomic mass is 79.9. The molecule has 0 unspecified atom stereocenters. The molecule has 3 N–H and O–H groups in total. The Kier molecular flexibility index (Phi) is 7.67. The normalized spacial score (nSPS) is 12.0. The number of amides is 1. The van der Waals surface area contributed by atoms with Crippen molar-refractivity contribution in [3.8, 4) is 0 Å². The molecule has 0 saturated heterocycles. The number of carbonyl (C=O) groups excluding carboxylic acids is 1. The van der Waals surface area contributed by atoms with Crippen molar-refractivity contribution >= 4 is 39.3 Å². The van der Waals surface area contributed by atoms with Gasteiger partial charge in [0.15, 0.2) is 5.96 Å². The van der Waals surface area contributed by atoms with E-state index in [-0.39, 0.29) is 0 Å². The number of rotatable bonds is 5. The summed E-state index contributed by atoms with van der Waals surface area (Å²) in [5, 5.41) is 9.02. The van der Waals surface area contributed by atoms with Crippen LogP contribution < -0.4 is 16.0 Å². The molecule has 8 heteroatoms. The van der Waals surface area contributed by atoms with Crippen molar-refractivity contribution in [2.45, 2.75) is 32.9 Å². The highest BCUT2D eigenvalue weighted by molar-refractivity contribution is 9.11. The summed E-state index contributed by atoms with van der Waals surface area (Å²) in [5.41, 5.74) is -0.482. The van der Waals surface area contributed by atoms with Crippen LogP contribution in [-0.2, 0) is 11.3 Å². The maximum absolute atomic E-state index is 11.5. The fourth-order valence-electron chi connectivity index (χ4n) is 1.50. The number of carbonyl (C=O) groups is 1. The third-order valence-corrected chi connectivity index (χ3v) is 3.99. The topological polar surface area (TPSA) is 74.8 Å². The van der Waals surface area contributed by atoms with E-state index in [1.54, 1.807) is 18.4 Å². The van der Waals surface area contributed by atoms with Crippen molar-refractivity contribution in [1.29, 1.82) is 0 Å². The zero-order chi connectivity index (χ0) is 16.6. The second kappa shape index (κ2) is 8.99. The van der Waals surface area contributed by atoms with Crippen LogP contribution in [0.15, 0.2) is 20.9 Å². The summed E-state index contributed by atoms with van der Waals surface area (Å²) in [7, 11) is 1.71. The fourth-order valence-corrected chi connectivity index (χ4v) is 2.92. The Bertz CT molecular complexity index is 511. The molecule has 0 aliphatic heterocycles. The number of hydrogen-bond donors (Lipinski definition) is 3. The average Bonchev–Trinajstić information content (AvgIpc) is 2.81. The third kappa shape index (κ3) is 8.23. The summed E-state index contributed by atoms with van der Waals surface area (Å²) in [6.45, 7) is 7.22. The van der Waals surface area contributed by atoms with Crippen LogP contribution in [0.3, 0.4) is 0 Å². The van der Waals surface area contributed by atoms with Gasteiger partial charge in [0.05, 0.1) is 10.3 Å². The molecule has 1 aromatic heterocycles. The molecule has 22 heavy (non-hydrogen) atoms. The van der Waals surface area contributed by atoms with E-state index in [0.717, 1.165) is 3.79 Å². The molecule has 1 heterocycles. The first kappa shape index (κ1) is 18.8. The maximum Gasteiger partial charge on any atom is 0.407 e. The molecule has 0 atom stereocenters. The zero-order valence-electron chi connectivity index (χ0n) is 13.3. The monoisotopic (exact) mass is 390 g/mol. The average molecular weight is 391 g/mol. The number of aliphatic imine (C=N–C) groups is 1. The lowest BCUT2D eigenvalue weighted by atomic mass is 10.2. The molecule has 1 rings (SSSR count). The summed E-state index contributed by atoms with van der Waals surface area (Å²) in [6, 6.07) is 4.07. The van der Waals surface area contributed by atoms with Crippen molar-refractivity contribution in [1.82, 2.24) is 16.0 Å². The van der Waals surface area contributed by atoms with Gasteiger partial charge in [-0.3, -0.25) is 4.99 Å². The van der Waals surface area contributed by atoms with E-state index in [1.165, 1.54) is 4.88 Å². The van der Waals surface area contributed by atoms with Gasteiger partial charge >= 0.3 is 6.09 Å². The number of halogens is 1. The zero-order valence-corrected chi connectivity index (χ0v) is 15.7. The smallest absolute Gasteiger partial charge is 0.407 e. The Morgan fingerprint density at radius 1 is 1.27 bits per heavy atom. The summed E-state index contributed by atoms with van der Waals surface area (Å²) >= 11 is 5.11. The largest absolute Gasteiger partial charge is 0.444 e. The molecule has 1 amide bonds. The second-order valence-corrected chi connectivity index (χ2v) is 8.03. The van der Waals surface area contributed by atoms with E-state index >= 15 is 0 Å². The molecule has 0 aliphatic rings. The molecule has 6 nitrogen and oxygen atoms in total. The van der Waals surface area contributed by atoms with Crippen LogP contribution in [0, 0.1) is 0 Å². The van der Waals surface area contributed by atoms with Gasteiger partial charge in [0.2, 0.25) is 0 Å². The van der Waals surface area contributed by atoms with Crippen molar-refractivity contribution in [2.24, 2.45) is 4.99 Å². The van der Waals surface area contributed by atoms with E-state index in [1.807, 2.05) is 26.8 Å². The molecule has 0 aromatic carbocycles. The molecule has 0 radical (unpaired) electrons. The first-order chi connectivity index (χ1) is 10.3. The Balaban J connectivity index is 2.20. The van der Waals surface area contributed by atoms with Crippen molar-refractivity contribution in [3.63, 3.8) is 0 Å². The minimum atomic E-state index is -0.482. The Morgan fingerprint density at radius 2 is 1.95 bits per heavy atom. The molecular formula is C14H23BrN4O2S. The van der Waals surface area contributed by atoms with Gasteiger partial charge in [-0.2, -0.15) is 0 Å². The number of hydrogen-bond acceptors (Lipinski definition) is 4. The molecule has 0 fully saturated rings. The first-order valence-electron chi connectivity index (χ1n) is 6.96. The van der Waals surface area contributed by atoms with Crippen LogP contribution in [0.1, 0.15) is 25.6 Å². The SMILES string of the molecule is CN=C(NCCNC(=O)OC(C)(C)C)NCc1ccc(Br)s1. The lowest BCUT2D eigenvalue weighted by molar-refractivity contribution is 0.0529. The molecule has 1 aromatic rings. The Hall–Kier alpha value is -1.28. The minimum absolute atomic E-state index is 0.416. The van der Waals surface area contributed by atoms with Gasteiger partial charge in [-0.15, -0.1) is 11.3 Å². The van der Waals surface area contributed by atoms with Crippen molar-refractivity contribution < 1.29 is 9.53 Å². The number of ether oxygens (including phenoxy) is 1. The highest BCUT2D eigenvalue weighted by Crippen LogP contribution is 2.21. The van der Waals surface area contributed by atoms with Gasteiger partial charge in [-0.25, -0.2) is 4.79 Å². The highest BCUT2D eigenvalue weighted by Gasteiger charge is 2.15. The van der Waals surface area contributed by atoms with Gasteiger partial charge < -0.3 is 20.7 Å². The van der Waals surface area contributed by atoms with Crippen LogP contribution in [-0.4, -0.2) is 37.8 Å². The van der Waals surface area contributed by atoms with Crippen molar-refractivity contribution in [3.05, 3.63) is 20.8 Å². The van der Waals surface area contributed by atoms with E-state index in [4.69, 9.17) is 4.74 Å². The predicted molar refractivity (Wildman–Crippen MR) is 94.5 cm³/mol. The Morgan fingerprint density at radius 3 is 2.50 bits per heavy atom. The number of thiophene rings is 1. The van der Waals surface area contributed by atoms with E-state index in [2.05, 4.69) is 42.9 Å². The molecule has 0 saturated carbocycles.